The molecule has 14 heteroatoms. The van der Waals surface area contributed by atoms with Crippen molar-refractivity contribution in [2.75, 3.05) is 30.8 Å². The van der Waals surface area contributed by atoms with Crippen LogP contribution in [-0.4, -0.2) is 75.7 Å². The van der Waals surface area contributed by atoms with E-state index < -0.39 is 22.9 Å². The number of halogens is 2. The molecule has 2 aromatic heterocycles. The maximum Gasteiger partial charge on any atom is 0.321 e. The Balaban J connectivity index is 1.93. The minimum atomic E-state index is -3.56. The van der Waals surface area contributed by atoms with E-state index in [0.29, 0.717) is 24.0 Å². The summed E-state index contributed by atoms with van der Waals surface area (Å²) in [6.07, 6.45) is 1.35. The molecule has 168 valence electrons. The first-order valence-corrected chi connectivity index (χ1v) is 11.0. The lowest BCUT2D eigenvalue weighted by molar-refractivity contribution is 0.0740. The third-order valence-corrected chi connectivity index (χ3v) is 6.59. The van der Waals surface area contributed by atoms with Gasteiger partial charge in [-0.05, 0) is 19.8 Å². The molecule has 0 unspecified atom stereocenters. The van der Waals surface area contributed by atoms with Crippen LogP contribution in [0.2, 0.25) is 0 Å². The van der Waals surface area contributed by atoms with Crippen molar-refractivity contribution in [3.05, 3.63) is 6.33 Å². The first kappa shape index (κ1) is 22.5. The lowest BCUT2D eigenvalue weighted by Crippen LogP contribution is -2.38. The van der Waals surface area contributed by atoms with Crippen LogP contribution >= 0.6 is 0 Å². The van der Waals surface area contributed by atoms with Crippen molar-refractivity contribution in [1.82, 2.24) is 28.5 Å². The Hall–Kier alpha value is -2.16. The molecule has 3 atom stereocenters. The summed E-state index contributed by atoms with van der Waals surface area (Å²) < 4.78 is 54.9. The van der Waals surface area contributed by atoms with Crippen molar-refractivity contribution < 1.29 is 22.3 Å². The minimum absolute atomic E-state index is 0.0665. The number of imidazole rings is 1. The van der Waals surface area contributed by atoms with Gasteiger partial charge in [-0.3, -0.25) is 4.57 Å². The molecule has 0 spiro atoms. The Morgan fingerprint density at radius 3 is 2.70 bits per heavy atom. The van der Waals surface area contributed by atoms with Gasteiger partial charge in [-0.1, -0.05) is 6.92 Å². The summed E-state index contributed by atoms with van der Waals surface area (Å²) in [4.78, 5) is 12.5. The van der Waals surface area contributed by atoms with Crippen LogP contribution in [-0.2, 0) is 10.2 Å². The summed E-state index contributed by atoms with van der Waals surface area (Å²) in [6.45, 7) is 1.13. The van der Waals surface area contributed by atoms with E-state index in [2.05, 4.69) is 30.3 Å². The summed E-state index contributed by atoms with van der Waals surface area (Å²) in [6, 6.07) is -0.657. The van der Waals surface area contributed by atoms with Gasteiger partial charge in [0.25, 0.3) is 10.2 Å². The normalized spacial score (nSPS) is 20.0. The molecule has 30 heavy (non-hydrogen) atoms. The number of fused-ring (bicyclic) bond motifs is 1. The van der Waals surface area contributed by atoms with Crippen LogP contribution in [0.3, 0.4) is 0 Å². The molecule has 0 bridgehead atoms. The molecule has 0 radical (unpaired) electrons. The average Bonchev–Trinajstić information content (AvgIpc) is 3.33. The second-order valence-corrected chi connectivity index (χ2v) is 8.97. The third kappa shape index (κ3) is 4.61. The fourth-order valence-corrected chi connectivity index (χ4v) is 4.32. The molecular formula is C16H26F2N8O3S. The smallest absolute Gasteiger partial charge is 0.321 e. The number of hydrogen-bond acceptors (Lipinski definition) is 8. The highest BCUT2D eigenvalue weighted by Crippen LogP contribution is 2.27. The largest absolute Gasteiger partial charge is 0.391 e. The summed E-state index contributed by atoms with van der Waals surface area (Å²) in [5, 5.41) is 16.0. The SMILES string of the molecule is CC[C@H](Nc1nc(N[C@H]2CCN(S(=O)(=O)NC)C2)c2ncn(C(F)F)c2n1)[C@@H](C)O. The Morgan fingerprint density at radius 1 is 1.37 bits per heavy atom. The highest BCUT2D eigenvalue weighted by Gasteiger charge is 2.31. The number of aromatic nitrogens is 4. The standard InChI is InChI=1S/C16H26F2N8O3S/c1-4-11(9(2)27)22-16-23-13(12-14(24-16)26(8-20-12)15(17)18)21-10-5-6-25(7-10)30(28,29)19-3/h8-11,15,19,27H,4-7H2,1-3H3,(H2,21,22,23,24)/t9-,10+,11+/m1/s1. The van der Waals surface area contributed by atoms with Crippen molar-refractivity contribution in [3.63, 3.8) is 0 Å². The first-order valence-electron chi connectivity index (χ1n) is 9.58. The molecule has 0 aliphatic carbocycles. The monoisotopic (exact) mass is 448 g/mol. The van der Waals surface area contributed by atoms with Crippen LogP contribution < -0.4 is 15.4 Å². The Kier molecular flexibility index (Phi) is 6.69. The molecule has 0 amide bonds. The van der Waals surface area contributed by atoms with Crippen molar-refractivity contribution in [2.24, 2.45) is 0 Å². The number of nitrogens with one attached hydrogen (secondary N) is 3. The van der Waals surface area contributed by atoms with Gasteiger partial charge < -0.3 is 15.7 Å². The number of hydrogen-bond donors (Lipinski definition) is 4. The second kappa shape index (κ2) is 8.91. The summed E-state index contributed by atoms with van der Waals surface area (Å²) in [7, 11) is -2.22. The molecule has 3 rings (SSSR count). The molecular weight excluding hydrogens is 422 g/mol. The van der Waals surface area contributed by atoms with Gasteiger partial charge in [0.15, 0.2) is 17.0 Å². The van der Waals surface area contributed by atoms with Crippen LogP contribution in [0.4, 0.5) is 20.5 Å². The number of aliphatic hydroxyl groups excluding tert-OH is 1. The first-order chi connectivity index (χ1) is 14.2. The quantitative estimate of drug-likeness (QED) is 0.441. The maximum absolute atomic E-state index is 13.4. The minimum Gasteiger partial charge on any atom is -0.391 e. The zero-order valence-corrected chi connectivity index (χ0v) is 17.7. The molecule has 0 saturated carbocycles. The molecule has 1 saturated heterocycles. The van der Waals surface area contributed by atoms with E-state index in [1.54, 1.807) is 6.92 Å². The molecule has 1 aliphatic rings. The van der Waals surface area contributed by atoms with Gasteiger partial charge in [0, 0.05) is 26.2 Å². The number of anilines is 2. The average molecular weight is 449 g/mol. The van der Waals surface area contributed by atoms with Gasteiger partial charge in [-0.15, -0.1) is 0 Å². The lowest BCUT2D eigenvalue weighted by atomic mass is 10.1. The summed E-state index contributed by atoms with van der Waals surface area (Å²) in [5.74, 6) is 0.286. The van der Waals surface area contributed by atoms with Crippen molar-refractivity contribution in [1.29, 1.82) is 0 Å². The number of alkyl halides is 2. The summed E-state index contributed by atoms with van der Waals surface area (Å²) in [5.41, 5.74) is 0.0871. The molecule has 3 heterocycles. The van der Waals surface area contributed by atoms with Crippen LogP contribution in [0.25, 0.3) is 11.2 Å². The van der Waals surface area contributed by atoms with Crippen molar-refractivity contribution in [2.45, 2.75) is 51.4 Å². The van der Waals surface area contributed by atoms with Crippen LogP contribution in [0, 0.1) is 0 Å². The van der Waals surface area contributed by atoms with E-state index in [0.717, 1.165) is 6.33 Å². The summed E-state index contributed by atoms with van der Waals surface area (Å²) >= 11 is 0. The number of aliphatic hydroxyl groups is 1. The fraction of sp³-hybridized carbons (Fsp3) is 0.688. The van der Waals surface area contributed by atoms with Crippen molar-refractivity contribution in [3.8, 4) is 0 Å². The van der Waals surface area contributed by atoms with E-state index in [4.69, 9.17) is 0 Å². The Morgan fingerprint density at radius 2 is 2.10 bits per heavy atom. The molecule has 2 aromatic rings. The van der Waals surface area contributed by atoms with E-state index in [1.165, 1.54) is 11.4 Å². The van der Waals surface area contributed by atoms with Crippen LogP contribution in [0.5, 0.6) is 0 Å². The molecule has 11 nitrogen and oxygen atoms in total. The molecule has 0 aromatic carbocycles. The zero-order valence-electron chi connectivity index (χ0n) is 16.9. The number of rotatable bonds is 9. The third-order valence-electron chi connectivity index (χ3n) is 5.06. The lowest BCUT2D eigenvalue weighted by Gasteiger charge is -2.21. The van der Waals surface area contributed by atoms with Crippen LogP contribution in [0.15, 0.2) is 6.33 Å². The van der Waals surface area contributed by atoms with Crippen LogP contribution in [0.1, 0.15) is 33.2 Å². The van der Waals surface area contributed by atoms with Gasteiger partial charge in [0.05, 0.1) is 12.1 Å². The maximum atomic E-state index is 13.4. The van der Waals surface area contributed by atoms with Gasteiger partial charge in [-0.2, -0.15) is 31.5 Å². The molecule has 1 aliphatic heterocycles. The Labute approximate surface area is 173 Å². The van der Waals surface area contributed by atoms with Gasteiger partial charge in [0.1, 0.15) is 6.33 Å². The number of nitrogens with zero attached hydrogens (tertiary/aromatic N) is 5. The van der Waals surface area contributed by atoms with E-state index in [9.17, 15) is 22.3 Å². The highest BCUT2D eigenvalue weighted by atomic mass is 32.2. The second-order valence-electron chi connectivity index (χ2n) is 7.09. The predicted molar refractivity (Wildman–Crippen MR) is 108 cm³/mol. The van der Waals surface area contributed by atoms with E-state index in [-0.39, 0.29) is 41.6 Å². The van der Waals surface area contributed by atoms with Gasteiger partial charge in [0.2, 0.25) is 5.95 Å². The fourth-order valence-electron chi connectivity index (χ4n) is 3.34. The topological polar surface area (TPSA) is 137 Å². The van der Waals surface area contributed by atoms with Gasteiger partial charge in [-0.25, -0.2) is 9.71 Å². The van der Waals surface area contributed by atoms with E-state index in [1.807, 2.05) is 6.92 Å². The predicted octanol–water partition coefficient (Wildman–Crippen LogP) is 0.743. The van der Waals surface area contributed by atoms with E-state index >= 15 is 0 Å². The van der Waals surface area contributed by atoms with Crippen molar-refractivity contribution >= 4 is 33.1 Å². The Bertz CT molecular complexity index is 984. The molecule has 4 N–H and O–H groups in total. The van der Waals surface area contributed by atoms with Gasteiger partial charge >= 0.3 is 6.55 Å². The highest BCUT2D eigenvalue weighted by molar-refractivity contribution is 7.87. The molecule has 1 fully saturated rings. The zero-order chi connectivity index (χ0) is 22.1.